The molecule has 0 spiro atoms. The molecule has 2 unspecified atom stereocenters. The monoisotopic (exact) mass is 465 g/mol. The van der Waals surface area contributed by atoms with Crippen LogP contribution in [0.15, 0.2) is 36.7 Å². The first-order valence-electron chi connectivity index (χ1n) is 12.0. The molecule has 8 heteroatoms. The Morgan fingerprint density at radius 1 is 1.18 bits per heavy atom. The van der Waals surface area contributed by atoms with E-state index in [0.29, 0.717) is 35.5 Å². The van der Waals surface area contributed by atoms with Crippen molar-refractivity contribution in [3.8, 4) is 11.5 Å². The van der Waals surface area contributed by atoms with E-state index in [2.05, 4.69) is 25.5 Å². The molecule has 0 radical (unpaired) electrons. The molecule has 2 saturated heterocycles. The normalized spacial score (nSPS) is 20.3. The molecule has 2 N–H and O–H groups in total. The minimum atomic E-state index is -0.234. The Morgan fingerprint density at radius 2 is 2.09 bits per heavy atom. The number of halogens is 1. The van der Waals surface area contributed by atoms with E-state index in [0.717, 1.165) is 48.6 Å². The first-order chi connectivity index (χ1) is 16.6. The van der Waals surface area contributed by atoms with Gasteiger partial charge in [0.05, 0.1) is 19.2 Å². The predicted molar refractivity (Wildman–Crippen MR) is 132 cm³/mol. The lowest BCUT2D eigenvalue weighted by Crippen LogP contribution is -2.46. The van der Waals surface area contributed by atoms with Crippen LogP contribution in [-0.4, -0.2) is 60.8 Å². The van der Waals surface area contributed by atoms with Crippen LogP contribution >= 0.6 is 0 Å². The lowest BCUT2D eigenvalue weighted by atomic mass is 9.92. The molecular formula is C26H32FN5O2. The summed E-state index contributed by atoms with van der Waals surface area (Å²) in [6, 6.07) is 9.34. The first kappa shape index (κ1) is 22.8. The lowest BCUT2D eigenvalue weighted by Gasteiger charge is -2.34. The van der Waals surface area contributed by atoms with Crippen LogP contribution < -0.4 is 20.1 Å². The molecule has 0 amide bonds. The Morgan fingerprint density at radius 3 is 2.94 bits per heavy atom. The Labute approximate surface area is 199 Å². The van der Waals surface area contributed by atoms with E-state index >= 15 is 0 Å². The van der Waals surface area contributed by atoms with Crippen LogP contribution in [0.2, 0.25) is 0 Å². The van der Waals surface area contributed by atoms with Gasteiger partial charge in [-0.2, -0.15) is 0 Å². The number of likely N-dealkylation sites (tertiary alicyclic amines) is 1. The zero-order valence-corrected chi connectivity index (χ0v) is 19.8. The van der Waals surface area contributed by atoms with E-state index in [1.165, 1.54) is 31.8 Å². The van der Waals surface area contributed by atoms with Crippen LogP contribution in [0.1, 0.15) is 24.8 Å². The summed E-state index contributed by atoms with van der Waals surface area (Å²) in [5, 5.41) is 7.74. The molecule has 34 heavy (non-hydrogen) atoms. The number of anilines is 2. The summed E-state index contributed by atoms with van der Waals surface area (Å²) >= 11 is 0. The van der Waals surface area contributed by atoms with E-state index in [9.17, 15) is 4.39 Å². The zero-order chi connectivity index (χ0) is 23.5. The van der Waals surface area contributed by atoms with Gasteiger partial charge in [0, 0.05) is 36.3 Å². The van der Waals surface area contributed by atoms with Gasteiger partial charge < -0.3 is 25.0 Å². The van der Waals surface area contributed by atoms with E-state index in [1.807, 2.05) is 12.1 Å². The van der Waals surface area contributed by atoms with Crippen molar-refractivity contribution in [1.82, 2.24) is 20.2 Å². The van der Waals surface area contributed by atoms with Crippen LogP contribution in [-0.2, 0) is 0 Å². The molecule has 5 rings (SSSR count). The molecule has 180 valence electrons. The second kappa shape index (κ2) is 10.1. The summed E-state index contributed by atoms with van der Waals surface area (Å²) < 4.78 is 25.4. The third kappa shape index (κ3) is 4.93. The van der Waals surface area contributed by atoms with E-state index in [-0.39, 0.29) is 5.82 Å². The second-order valence-electron chi connectivity index (χ2n) is 9.23. The topological polar surface area (TPSA) is 71.5 Å². The summed E-state index contributed by atoms with van der Waals surface area (Å²) in [7, 11) is 1.63. The Hall–Kier alpha value is -2.97. The van der Waals surface area contributed by atoms with Crippen molar-refractivity contribution in [1.29, 1.82) is 0 Å². The second-order valence-corrected chi connectivity index (χ2v) is 9.23. The predicted octanol–water partition coefficient (Wildman–Crippen LogP) is 4.28. The number of methoxy groups -OCH3 is 1. The molecular weight excluding hydrogens is 433 g/mol. The number of aromatic nitrogens is 2. The molecule has 2 fully saturated rings. The Balaban J connectivity index is 1.26. The first-order valence-corrected chi connectivity index (χ1v) is 12.0. The van der Waals surface area contributed by atoms with Crippen LogP contribution in [0.4, 0.5) is 15.9 Å². The average Bonchev–Trinajstić information content (AvgIpc) is 3.32. The summed E-state index contributed by atoms with van der Waals surface area (Å²) in [4.78, 5) is 11.3. The van der Waals surface area contributed by atoms with Crippen molar-refractivity contribution >= 4 is 22.4 Å². The van der Waals surface area contributed by atoms with Crippen LogP contribution in [0.3, 0.4) is 0 Å². The highest BCUT2D eigenvalue weighted by molar-refractivity contribution is 5.93. The fourth-order valence-corrected chi connectivity index (χ4v) is 5.07. The quantitative estimate of drug-likeness (QED) is 0.481. The summed E-state index contributed by atoms with van der Waals surface area (Å²) in [5.74, 6) is 2.57. The molecule has 0 aliphatic carbocycles. The summed E-state index contributed by atoms with van der Waals surface area (Å²) in [6.07, 6.45) is 5.07. The number of ether oxygens (including phenoxy) is 2. The van der Waals surface area contributed by atoms with Gasteiger partial charge in [-0.15, -0.1) is 0 Å². The summed E-state index contributed by atoms with van der Waals surface area (Å²) in [5.41, 5.74) is 2.08. The number of nitrogens with one attached hydrogen (secondary N) is 2. The van der Waals surface area contributed by atoms with Crippen molar-refractivity contribution in [2.24, 2.45) is 5.92 Å². The third-order valence-electron chi connectivity index (χ3n) is 6.98. The van der Waals surface area contributed by atoms with Crippen LogP contribution in [0.5, 0.6) is 11.5 Å². The number of hydrogen-bond acceptors (Lipinski definition) is 7. The highest BCUT2D eigenvalue weighted by atomic mass is 19.1. The maximum absolute atomic E-state index is 13.7. The number of piperidine rings is 1. The Bertz CT molecular complexity index is 1160. The van der Waals surface area contributed by atoms with Gasteiger partial charge in [0.15, 0.2) is 11.5 Å². The molecule has 2 aliphatic rings. The molecule has 1 aromatic heterocycles. The molecule has 0 saturated carbocycles. The van der Waals surface area contributed by atoms with Gasteiger partial charge in [-0.05, 0) is 75.0 Å². The van der Waals surface area contributed by atoms with E-state index < -0.39 is 0 Å². The molecule has 2 atom stereocenters. The van der Waals surface area contributed by atoms with Crippen molar-refractivity contribution in [2.45, 2.75) is 32.2 Å². The SMILES string of the molecule is COc1cc2ncnc(Nc3ccc(F)c(C)c3)c2cc1OCCCN1CCC2CCNC2C1. The van der Waals surface area contributed by atoms with Gasteiger partial charge in [0.1, 0.15) is 18.0 Å². The fourth-order valence-electron chi connectivity index (χ4n) is 5.07. The van der Waals surface area contributed by atoms with E-state index in [4.69, 9.17) is 9.47 Å². The highest BCUT2D eigenvalue weighted by Gasteiger charge is 2.32. The fraction of sp³-hybridized carbons (Fsp3) is 0.462. The van der Waals surface area contributed by atoms with Crippen LogP contribution in [0, 0.1) is 18.7 Å². The minimum Gasteiger partial charge on any atom is -0.493 e. The number of aryl methyl sites for hydroxylation is 1. The largest absolute Gasteiger partial charge is 0.493 e. The Kier molecular flexibility index (Phi) is 6.78. The number of hydrogen-bond donors (Lipinski definition) is 2. The maximum atomic E-state index is 13.7. The smallest absolute Gasteiger partial charge is 0.162 e. The zero-order valence-electron chi connectivity index (χ0n) is 19.8. The highest BCUT2D eigenvalue weighted by Crippen LogP contribution is 2.35. The van der Waals surface area contributed by atoms with Gasteiger partial charge in [-0.3, -0.25) is 0 Å². The lowest BCUT2D eigenvalue weighted by molar-refractivity contribution is 0.155. The van der Waals surface area contributed by atoms with Crippen molar-refractivity contribution in [2.75, 3.05) is 45.2 Å². The molecule has 3 aromatic rings. The molecule has 7 nitrogen and oxygen atoms in total. The van der Waals surface area contributed by atoms with Gasteiger partial charge >= 0.3 is 0 Å². The van der Waals surface area contributed by atoms with Crippen molar-refractivity contribution < 1.29 is 13.9 Å². The number of nitrogens with zero attached hydrogens (tertiary/aromatic N) is 3. The molecule has 2 aliphatic heterocycles. The standard InChI is InChI=1S/C26H32FN5O2/c1-17-12-19(4-5-21(17)27)31-26-20-13-25(24(33-2)14-22(20)29-16-30-26)34-11-3-9-32-10-7-18-6-8-28-23(18)15-32/h4-5,12-14,16,18,23,28H,3,6-11,15H2,1-2H3,(H,29,30,31). The number of rotatable bonds is 8. The van der Waals surface area contributed by atoms with Crippen molar-refractivity contribution in [3.05, 3.63) is 48.0 Å². The maximum Gasteiger partial charge on any atom is 0.162 e. The van der Waals surface area contributed by atoms with Gasteiger partial charge in [0.25, 0.3) is 0 Å². The minimum absolute atomic E-state index is 0.234. The molecule has 2 aromatic carbocycles. The van der Waals surface area contributed by atoms with Gasteiger partial charge in [-0.25, -0.2) is 14.4 Å². The van der Waals surface area contributed by atoms with Gasteiger partial charge in [0.2, 0.25) is 0 Å². The number of fused-ring (bicyclic) bond motifs is 2. The van der Waals surface area contributed by atoms with Crippen molar-refractivity contribution in [3.63, 3.8) is 0 Å². The molecule has 3 heterocycles. The van der Waals surface area contributed by atoms with Gasteiger partial charge in [-0.1, -0.05) is 0 Å². The number of benzene rings is 2. The third-order valence-corrected chi connectivity index (χ3v) is 6.98. The van der Waals surface area contributed by atoms with E-state index in [1.54, 1.807) is 26.2 Å². The average molecular weight is 466 g/mol. The molecule has 0 bridgehead atoms. The van der Waals surface area contributed by atoms with Crippen LogP contribution in [0.25, 0.3) is 10.9 Å². The summed E-state index contributed by atoms with van der Waals surface area (Å²) in [6.45, 7) is 6.85.